The second kappa shape index (κ2) is 3.65. The molecule has 14 heavy (non-hydrogen) atoms. The molecular weight excluding hydrogens is 197 g/mol. The minimum absolute atomic E-state index is 0.155. The summed E-state index contributed by atoms with van der Waals surface area (Å²) in [6.07, 6.45) is 1.97. The number of benzene rings is 1. The molecule has 0 bridgehead atoms. The van der Waals surface area contributed by atoms with Crippen LogP contribution in [-0.2, 0) is 12.3 Å². The number of aryl methyl sites for hydroxylation is 1. The Bertz CT molecular complexity index is 462. The predicted molar refractivity (Wildman–Crippen MR) is 60.3 cm³/mol. The topological polar surface area (TPSA) is 4.93 Å². The summed E-state index contributed by atoms with van der Waals surface area (Å²) in [7, 11) is 0. The van der Waals surface area contributed by atoms with Crippen molar-refractivity contribution >= 4 is 23.5 Å². The van der Waals surface area contributed by atoms with Gasteiger partial charge in [-0.05, 0) is 18.6 Å². The van der Waals surface area contributed by atoms with E-state index in [-0.39, 0.29) is 5.82 Å². The number of hydrogen-bond acceptors (Lipinski definition) is 1. The van der Waals surface area contributed by atoms with Gasteiger partial charge in [-0.3, -0.25) is 0 Å². The van der Waals surface area contributed by atoms with E-state index in [1.54, 1.807) is 6.07 Å². The van der Waals surface area contributed by atoms with Crippen molar-refractivity contribution in [2.45, 2.75) is 19.2 Å². The van der Waals surface area contributed by atoms with Gasteiger partial charge in [0.15, 0.2) is 0 Å². The lowest BCUT2D eigenvalue weighted by Crippen LogP contribution is -1.92. The van der Waals surface area contributed by atoms with Gasteiger partial charge in [-0.15, -0.1) is 0 Å². The first-order valence-electron chi connectivity index (χ1n) is 4.65. The number of fused-ring (bicyclic) bond motifs is 1. The molecule has 0 aliphatic rings. The smallest absolute Gasteiger partial charge is 0.147 e. The van der Waals surface area contributed by atoms with Gasteiger partial charge in [-0.1, -0.05) is 12.1 Å². The van der Waals surface area contributed by atoms with Crippen molar-refractivity contribution in [3.63, 3.8) is 0 Å². The second-order valence-corrected chi connectivity index (χ2v) is 3.55. The molecule has 0 fully saturated rings. The molecule has 0 saturated carbocycles. The maximum absolute atomic E-state index is 13.5. The van der Waals surface area contributed by atoms with Gasteiger partial charge in [-0.2, -0.15) is 12.6 Å². The third-order valence-corrected chi connectivity index (χ3v) is 2.78. The fraction of sp³-hybridized carbons (Fsp3) is 0.273. The average Bonchev–Trinajstić information content (AvgIpc) is 2.57. The van der Waals surface area contributed by atoms with Crippen LogP contribution in [0.25, 0.3) is 10.9 Å². The minimum Gasteiger partial charge on any atom is -0.345 e. The zero-order valence-corrected chi connectivity index (χ0v) is 8.89. The summed E-state index contributed by atoms with van der Waals surface area (Å²) in [6, 6.07) is 5.18. The van der Waals surface area contributed by atoms with Crippen molar-refractivity contribution in [1.29, 1.82) is 0 Å². The number of hydrogen-bond donors (Lipinski definition) is 1. The molecule has 1 aromatic heterocycles. The summed E-state index contributed by atoms with van der Waals surface area (Å²) in [5.41, 5.74) is 1.78. The minimum atomic E-state index is -0.155. The van der Waals surface area contributed by atoms with Crippen molar-refractivity contribution in [3.8, 4) is 0 Å². The number of para-hydroxylation sites is 1. The number of thiol groups is 1. The van der Waals surface area contributed by atoms with E-state index in [4.69, 9.17) is 0 Å². The molecule has 0 amide bonds. The van der Waals surface area contributed by atoms with Crippen LogP contribution in [0.2, 0.25) is 0 Å². The van der Waals surface area contributed by atoms with E-state index in [2.05, 4.69) is 12.6 Å². The van der Waals surface area contributed by atoms with Crippen LogP contribution in [0.1, 0.15) is 12.5 Å². The summed E-state index contributed by atoms with van der Waals surface area (Å²) in [4.78, 5) is 0. The standard InChI is InChI=1S/C11H12FNS/c1-2-13-6-8(7-14)9-4-3-5-10(12)11(9)13/h3-6,14H,2,7H2,1H3. The first kappa shape index (κ1) is 9.59. The summed E-state index contributed by atoms with van der Waals surface area (Å²) < 4.78 is 15.5. The van der Waals surface area contributed by atoms with E-state index in [1.165, 1.54) is 6.07 Å². The van der Waals surface area contributed by atoms with E-state index in [0.717, 1.165) is 17.5 Å². The third-order valence-electron chi connectivity index (χ3n) is 2.44. The molecule has 0 saturated heterocycles. The molecule has 1 heterocycles. The van der Waals surface area contributed by atoms with Crippen molar-refractivity contribution < 1.29 is 4.39 Å². The molecule has 2 aromatic rings. The van der Waals surface area contributed by atoms with Gasteiger partial charge in [0, 0.05) is 23.9 Å². The normalized spacial score (nSPS) is 11.1. The van der Waals surface area contributed by atoms with Gasteiger partial charge < -0.3 is 4.57 Å². The zero-order valence-electron chi connectivity index (χ0n) is 8.00. The largest absolute Gasteiger partial charge is 0.345 e. The summed E-state index contributed by atoms with van der Waals surface area (Å²) in [5.74, 6) is 0.491. The number of rotatable bonds is 2. The first-order chi connectivity index (χ1) is 6.77. The van der Waals surface area contributed by atoms with Gasteiger partial charge in [0.1, 0.15) is 5.82 Å². The zero-order chi connectivity index (χ0) is 10.1. The van der Waals surface area contributed by atoms with Gasteiger partial charge in [-0.25, -0.2) is 4.39 Å². The number of nitrogens with zero attached hydrogens (tertiary/aromatic N) is 1. The third kappa shape index (κ3) is 1.32. The predicted octanol–water partition coefficient (Wildman–Crippen LogP) is 3.23. The SMILES string of the molecule is CCn1cc(CS)c2cccc(F)c21. The van der Waals surface area contributed by atoms with Crippen LogP contribution in [0.15, 0.2) is 24.4 Å². The van der Waals surface area contributed by atoms with Crippen LogP contribution in [-0.4, -0.2) is 4.57 Å². The Balaban J connectivity index is 2.82. The monoisotopic (exact) mass is 209 g/mol. The molecule has 0 unspecified atom stereocenters. The summed E-state index contributed by atoms with van der Waals surface area (Å²) >= 11 is 4.24. The Morgan fingerprint density at radius 2 is 2.21 bits per heavy atom. The van der Waals surface area contributed by atoms with Crippen molar-refractivity contribution in [2.75, 3.05) is 0 Å². The number of halogens is 1. The van der Waals surface area contributed by atoms with Crippen molar-refractivity contribution in [1.82, 2.24) is 4.57 Å². The maximum atomic E-state index is 13.5. The van der Waals surface area contributed by atoms with E-state index in [9.17, 15) is 4.39 Å². The quantitative estimate of drug-likeness (QED) is 0.725. The van der Waals surface area contributed by atoms with E-state index >= 15 is 0 Å². The number of aromatic nitrogens is 1. The lowest BCUT2D eigenvalue weighted by Gasteiger charge is -2.00. The van der Waals surface area contributed by atoms with E-state index in [0.29, 0.717) is 11.3 Å². The molecule has 0 aliphatic carbocycles. The molecule has 0 aliphatic heterocycles. The molecule has 0 spiro atoms. The Morgan fingerprint density at radius 3 is 2.86 bits per heavy atom. The van der Waals surface area contributed by atoms with Crippen LogP contribution in [0.5, 0.6) is 0 Å². The average molecular weight is 209 g/mol. The van der Waals surface area contributed by atoms with Gasteiger partial charge in [0.05, 0.1) is 5.52 Å². The maximum Gasteiger partial charge on any atom is 0.147 e. The molecule has 1 nitrogen and oxygen atoms in total. The molecule has 0 N–H and O–H groups in total. The van der Waals surface area contributed by atoms with Crippen LogP contribution in [0.4, 0.5) is 4.39 Å². The fourth-order valence-electron chi connectivity index (χ4n) is 1.76. The molecule has 0 radical (unpaired) electrons. The first-order valence-corrected chi connectivity index (χ1v) is 5.28. The Hall–Kier alpha value is -0.960. The van der Waals surface area contributed by atoms with Gasteiger partial charge in [0.2, 0.25) is 0 Å². The highest BCUT2D eigenvalue weighted by Gasteiger charge is 2.09. The molecule has 3 heteroatoms. The Labute approximate surface area is 87.9 Å². The Morgan fingerprint density at radius 1 is 1.43 bits per heavy atom. The highest BCUT2D eigenvalue weighted by molar-refractivity contribution is 7.79. The highest BCUT2D eigenvalue weighted by atomic mass is 32.1. The fourth-order valence-corrected chi connectivity index (χ4v) is 2.02. The molecule has 0 atom stereocenters. The summed E-state index contributed by atoms with van der Waals surface area (Å²) in [5, 5.41) is 0.974. The summed E-state index contributed by atoms with van der Waals surface area (Å²) in [6.45, 7) is 2.79. The van der Waals surface area contributed by atoms with Crippen molar-refractivity contribution in [2.24, 2.45) is 0 Å². The van der Waals surface area contributed by atoms with Crippen LogP contribution in [0, 0.1) is 5.82 Å². The van der Waals surface area contributed by atoms with E-state index in [1.807, 2.05) is 23.8 Å². The highest BCUT2D eigenvalue weighted by Crippen LogP contribution is 2.24. The molecule has 2 rings (SSSR count). The lowest BCUT2D eigenvalue weighted by molar-refractivity contribution is 0.626. The van der Waals surface area contributed by atoms with Crippen LogP contribution in [0.3, 0.4) is 0 Å². The van der Waals surface area contributed by atoms with E-state index < -0.39 is 0 Å². The molecular formula is C11H12FNS. The Kier molecular flexibility index (Phi) is 2.50. The second-order valence-electron chi connectivity index (χ2n) is 3.23. The lowest BCUT2D eigenvalue weighted by atomic mass is 10.2. The van der Waals surface area contributed by atoms with Gasteiger partial charge in [0.25, 0.3) is 0 Å². The van der Waals surface area contributed by atoms with Crippen LogP contribution >= 0.6 is 12.6 Å². The van der Waals surface area contributed by atoms with Crippen LogP contribution < -0.4 is 0 Å². The molecule has 1 aromatic carbocycles. The van der Waals surface area contributed by atoms with Gasteiger partial charge >= 0.3 is 0 Å². The molecule has 74 valence electrons. The van der Waals surface area contributed by atoms with Crippen molar-refractivity contribution in [3.05, 3.63) is 35.8 Å².